The highest BCUT2D eigenvalue weighted by molar-refractivity contribution is 5.06. The van der Waals surface area contributed by atoms with Gasteiger partial charge in [0.15, 0.2) is 0 Å². The lowest BCUT2D eigenvalue weighted by molar-refractivity contribution is 0.00828. The Balaban J connectivity index is 1.64. The molecule has 0 radical (unpaired) electrons. The molecule has 0 aromatic rings. The van der Waals surface area contributed by atoms with Crippen LogP contribution in [0.25, 0.3) is 0 Å². The molecule has 3 rings (SSSR count). The molecule has 20 heavy (non-hydrogen) atoms. The van der Waals surface area contributed by atoms with Crippen molar-refractivity contribution in [2.45, 2.75) is 50.1 Å². The highest BCUT2D eigenvalue weighted by Gasteiger charge is 2.50. The first-order valence-electron chi connectivity index (χ1n) is 8.48. The van der Waals surface area contributed by atoms with Gasteiger partial charge in [-0.1, -0.05) is 6.42 Å². The molecule has 4 heteroatoms. The summed E-state index contributed by atoms with van der Waals surface area (Å²) in [5.74, 6) is 0.771. The number of methoxy groups -OCH3 is 1. The van der Waals surface area contributed by atoms with Crippen LogP contribution in [0, 0.1) is 5.92 Å². The molecule has 116 valence electrons. The van der Waals surface area contributed by atoms with Gasteiger partial charge < -0.3 is 10.5 Å². The zero-order chi connectivity index (χ0) is 14.0. The zero-order valence-electron chi connectivity index (χ0n) is 13.0. The number of hydrogen-bond donors (Lipinski definition) is 1. The second-order valence-electron chi connectivity index (χ2n) is 7.00. The van der Waals surface area contributed by atoms with E-state index in [1.165, 1.54) is 64.7 Å². The van der Waals surface area contributed by atoms with E-state index in [0.717, 1.165) is 25.1 Å². The lowest BCUT2D eigenvalue weighted by Gasteiger charge is -2.42. The van der Waals surface area contributed by atoms with E-state index in [9.17, 15) is 0 Å². The van der Waals surface area contributed by atoms with E-state index in [1.54, 1.807) is 0 Å². The first-order valence-corrected chi connectivity index (χ1v) is 8.48. The monoisotopic (exact) mass is 281 g/mol. The SMILES string of the molecule is COCC(CN)(C1CC1)N1CCC(N2CCCCC2)C1. The quantitative estimate of drug-likeness (QED) is 0.797. The average molecular weight is 281 g/mol. The topological polar surface area (TPSA) is 41.7 Å². The molecule has 1 saturated carbocycles. The van der Waals surface area contributed by atoms with Crippen LogP contribution in [0.2, 0.25) is 0 Å². The van der Waals surface area contributed by atoms with Crippen molar-refractivity contribution in [2.75, 3.05) is 46.4 Å². The normalized spacial score (nSPS) is 32.4. The van der Waals surface area contributed by atoms with Gasteiger partial charge >= 0.3 is 0 Å². The third-order valence-corrected chi connectivity index (χ3v) is 5.79. The van der Waals surface area contributed by atoms with Crippen LogP contribution in [-0.2, 0) is 4.74 Å². The summed E-state index contributed by atoms with van der Waals surface area (Å²) in [4.78, 5) is 5.40. The van der Waals surface area contributed by atoms with Crippen LogP contribution < -0.4 is 5.73 Å². The molecule has 3 aliphatic rings. The summed E-state index contributed by atoms with van der Waals surface area (Å²) < 4.78 is 5.56. The van der Waals surface area contributed by atoms with Crippen molar-refractivity contribution in [3.8, 4) is 0 Å². The van der Waals surface area contributed by atoms with Gasteiger partial charge in [0.1, 0.15) is 0 Å². The van der Waals surface area contributed by atoms with Crippen molar-refractivity contribution in [3.63, 3.8) is 0 Å². The summed E-state index contributed by atoms with van der Waals surface area (Å²) in [6, 6.07) is 0.761. The molecular weight excluding hydrogens is 250 g/mol. The summed E-state index contributed by atoms with van der Waals surface area (Å²) >= 11 is 0. The van der Waals surface area contributed by atoms with Crippen molar-refractivity contribution < 1.29 is 4.74 Å². The van der Waals surface area contributed by atoms with Crippen molar-refractivity contribution in [3.05, 3.63) is 0 Å². The number of rotatable bonds is 6. The minimum atomic E-state index is 0.124. The standard InChI is InChI=1S/C16H31N3O/c1-20-13-16(12-17,14-5-6-14)19-10-7-15(11-19)18-8-3-2-4-9-18/h14-15H,2-13,17H2,1H3. The Morgan fingerprint density at radius 1 is 1.10 bits per heavy atom. The minimum absolute atomic E-state index is 0.124. The van der Waals surface area contributed by atoms with Gasteiger partial charge in [0.25, 0.3) is 0 Å². The summed E-state index contributed by atoms with van der Waals surface area (Å²) in [6.07, 6.45) is 8.19. The zero-order valence-corrected chi connectivity index (χ0v) is 13.0. The Labute approximate surface area is 123 Å². The van der Waals surface area contributed by atoms with E-state index in [-0.39, 0.29) is 5.54 Å². The van der Waals surface area contributed by atoms with Crippen LogP contribution in [0.15, 0.2) is 0 Å². The van der Waals surface area contributed by atoms with Gasteiger partial charge in [-0.3, -0.25) is 9.80 Å². The maximum Gasteiger partial charge on any atom is 0.0661 e. The predicted octanol–water partition coefficient (Wildman–Crippen LogP) is 1.30. The predicted molar refractivity (Wildman–Crippen MR) is 81.8 cm³/mol. The van der Waals surface area contributed by atoms with Crippen LogP contribution in [0.3, 0.4) is 0 Å². The number of nitrogens with zero attached hydrogens (tertiary/aromatic N) is 2. The summed E-state index contributed by atoms with van der Waals surface area (Å²) in [7, 11) is 1.82. The number of hydrogen-bond acceptors (Lipinski definition) is 4. The number of likely N-dealkylation sites (tertiary alicyclic amines) is 2. The van der Waals surface area contributed by atoms with E-state index in [4.69, 9.17) is 10.5 Å². The van der Waals surface area contributed by atoms with Crippen molar-refractivity contribution >= 4 is 0 Å². The molecule has 0 spiro atoms. The molecule has 2 heterocycles. The van der Waals surface area contributed by atoms with Crippen LogP contribution in [0.4, 0.5) is 0 Å². The van der Waals surface area contributed by atoms with E-state index < -0.39 is 0 Å². The second kappa shape index (κ2) is 6.30. The molecule has 2 aliphatic heterocycles. The van der Waals surface area contributed by atoms with Crippen molar-refractivity contribution in [1.82, 2.24) is 9.80 Å². The van der Waals surface area contributed by atoms with Gasteiger partial charge in [0.05, 0.1) is 12.1 Å². The van der Waals surface area contributed by atoms with Gasteiger partial charge in [-0.05, 0) is 51.1 Å². The first kappa shape index (κ1) is 14.8. The molecule has 0 aromatic heterocycles. The van der Waals surface area contributed by atoms with Crippen LogP contribution in [0.5, 0.6) is 0 Å². The maximum atomic E-state index is 6.20. The molecule has 0 aromatic carbocycles. The Kier molecular flexibility index (Phi) is 4.65. The largest absolute Gasteiger partial charge is 0.383 e. The van der Waals surface area contributed by atoms with E-state index in [0.29, 0.717) is 0 Å². The molecule has 3 fully saturated rings. The number of piperidine rings is 1. The van der Waals surface area contributed by atoms with Gasteiger partial charge in [-0.2, -0.15) is 0 Å². The fourth-order valence-corrected chi connectivity index (χ4v) is 4.42. The van der Waals surface area contributed by atoms with Gasteiger partial charge in [-0.25, -0.2) is 0 Å². The Morgan fingerprint density at radius 3 is 2.45 bits per heavy atom. The van der Waals surface area contributed by atoms with Gasteiger partial charge in [0.2, 0.25) is 0 Å². The molecule has 0 bridgehead atoms. The minimum Gasteiger partial charge on any atom is -0.383 e. The number of nitrogens with two attached hydrogens (primary N) is 1. The fraction of sp³-hybridized carbons (Fsp3) is 1.00. The van der Waals surface area contributed by atoms with E-state index in [2.05, 4.69) is 9.80 Å². The maximum absolute atomic E-state index is 6.20. The Hall–Kier alpha value is -0.160. The molecule has 2 N–H and O–H groups in total. The van der Waals surface area contributed by atoms with Gasteiger partial charge in [-0.15, -0.1) is 0 Å². The second-order valence-corrected chi connectivity index (χ2v) is 7.00. The highest BCUT2D eigenvalue weighted by atomic mass is 16.5. The van der Waals surface area contributed by atoms with Crippen LogP contribution in [0.1, 0.15) is 38.5 Å². The highest BCUT2D eigenvalue weighted by Crippen LogP contribution is 2.44. The van der Waals surface area contributed by atoms with Gasteiger partial charge in [0, 0.05) is 32.8 Å². The first-order chi connectivity index (χ1) is 9.80. The van der Waals surface area contributed by atoms with E-state index in [1.807, 2.05) is 7.11 Å². The lowest BCUT2D eigenvalue weighted by atomic mass is 9.92. The third-order valence-electron chi connectivity index (χ3n) is 5.79. The van der Waals surface area contributed by atoms with Crippen LogP contribution >= 0.6 is 0 Å². The van der Waals surface area contributed by atoms with Crippen LogP contribution in [-0.4, -0.2) is 67.8 Å². The Morgan fingerprint density at radius 2 is 1.85 bits per heavy atom. The average Bonchev–Trinajstić information content (AvgIpc) is 3.23. The van der Waals surface area contributed by atoms with Crippen molar-refractivity contribution in [2.24, 2.45) is 11.7 Å². The molecule has 1 aliphatic carbocycles. The molecule has 0 amide bonds. The lowest BCUT2D eigenvalue weighted by Crippen LogP contribution is -2.58. The Bertz CT molecular complexity index is 315. The summed E-state index contributed by atoms with van der Waals surface area (Å²) in [5, 5.41) is 0. The fourth-order valence-electron chi connectivity index (χ4n) is 4.42. The number of ether oxygens (including phenoxy) is 1. The molecule has 2 unspecified atom stereocenters. The molecular formula is C16H31N3O. The van der Waals surface area contributed by atoms with E-state index >= 15 is 0 Å². The molecule has 2 atom stereocenters. The summed E-state index contributed by atoms with van der Waals surface area (Å²) in [6.45, 7) is 6.58. The summed E-state index contributed by atoms with van der Waals surface area (Å²) in [5.41, 5.74) is 6.33. The molecule has 2 saturated heterocycles. The van der Waals surface area contributed by atoms with Crippen molar-refractivity contribution in [1.29, 1.82) is 0 Å². The molecule has 4 nitrogen and oxygen atoms in total. The third kappa shape index (κ3) is 2.76. The smallest absolute Gasteiger partial charge is 0.0661 e.